The molecule has 8 heteroatoms. The number of sulfone groups is 1. The second-order valence-corrected chi connectivity index (χ2v) is 8.94. The number of nitro groups is 1. The SMILES string of the molecule is CCC1(CC)CN(c2ccc(Br)cc2[N+](=O)[O-])CCS1(=O)=O. The van der Waals surface area contributed by atoms with E-state index in [-0.39, 0.29) is 18.0 Å². The third-order valence-electron chi connectivity index (χ3n) is 4.53. The molecule has 0 bridgehead atoms. The Morgan fingerprint density at radius 2 is 2.00 bits per heavy atom. The molecule has 0 radical (unpaired) electrons. The van der Waals surface area contributed by atoms with Gasteiger partial charge in [-0.2, -0.15) is 0 Å². The molecule has 122 valence electrons. The molecule has 1 fully saturated rings. The van der Waals surface area contributed by atoms with E-state index in [0.29, 0.717) is 29.5 Å². The number of hydrogen-bond acceptors (Lipinski definition) is 5. The molecule has 1 aromatic carbocycles. The van der Waals surface area contributed by atoms with Gasteiger partial charge < -0.3 is 4.90 Å². The van der Waals surface area contributed by atoms with Crippen LogP contribution in [0.5, 0.6) is 0 Å². The number of halogens is 1. The van der Waals surface area contributed by atoms with Gasteiger partial charge in [0.1, 0.15) is 5.69 Å². The Morgan fingerprint density at radius 3 is 2.55 bits per heavy atom. The highest BCUT2D eigenvalue weighted by Gasteiger charge is 2.46. The molecular formula is C14H19BrN2O4S. The zero-order chi connectivity index (χ0) is 16.5. The molecule has 0 unspecified atom stereocenters. The first-order valence-electron chi connectivity index (χ1n) is 7.17. The van der Waals surface area contributed by atoms with Gasteiger partial charge >= 0.3 is 0 Å². The fourth-order valence-electron chi connectivity index (χ4n) is 3.00. The standard InChI is InChI=1S/C14H19BrN2O4S/c1-3-14(4-2)10-16(7-8-22(14,20)21)12-6-5-11(15)9-13(12)17(18)19/h5-6,9H,3-4,7-8,10H2,1-2H3. The zero-order valence-corrected chi connectivity index (χ0v) is 15.0. The monoisotopic (exact) mass is 390 g/mol. The predicted molar refractivity (Wildman–Crippen MR) is 90.1 cm³/mol. The number of benzene rings is 1. The average molecular weight is 391 g/mol. The lowest BCUT2D eigenvalue weighted by Crippen LogP contribution is -2.56. The molecular weight excluding hydrogens is 372 g/mol. The van der Waals surface area contributed by atoms with Crippen molar-refractivity contribution in [1.29, 1.82) is 0 Å². The van der Waals surface area contributed by atoms with Crippen LogP contribution in [0.25, 0.3) is 0 Å². The largest absolute Gasteiger partial charge is 0.363 e. The molecule has 1 aromatic rings. The van der Waals surface area contributed by atoms with Gasteiger partial charge in [0.05, 0.1) is 15.4 Å². The molecule has 22 heavy (non-hydrogen) atoms. The molecule has 0 aliphatic carbocycles. The number of rotatable bonds is 4. The van der Waals surface area contributed by atoms with E-state index in [9.17, 15) is 18.5 Å². The molecule has 0 amide bonds. The normalized spacial score (nSPS) is 19.9. The van der Waals surface area contributed by atoms with Gasteiger partial charge in [0, 0.05) is 23.6 Å². The lowest BCUT2D eigenvalue weighted by atomic mass is 10.0. The summed E-state index contributed by atoms with van der Waals surface area (Å²) < 4.78 is 24.7. The van der Waals surface area contributed by atoms with Crippen LogP contribution in [0, 0.1) is 10.1 Å². The first-order valence-corrected chi connectivity index (χ1v) is 9.62. The highest BCUT2D eigenvalue weighted by Crippen LogP contribution is 2.37. The number of anilines is 1. The minimum absolute atomic E-state index is 0.00483. The molecule has 1 aliphatic rings. The fraction of sp³-hybridized carbons (Fsp3) is 0.571. The Kier molecular flexibility index (Phi) is 4.81. The van der Waals surface area contributed by atoms with E-state index >= 15 is 0 Å². The van der Waals surface area contributed by atoms with E-state index in [2.05, 4.69) is 15.9 Å². The van der Waals surface area contributed by atoms with E-state index in [1.54, 1.807) is 12.1 Å². The maximum atomic E-state index is 12.4. The van der Waals surface area contributed by atoms with Gasteiger partial charge in [-0.15, -0.1) is 0 Å². The third-order valence-corrected chi connectivity index (χ3v) is 7.77. The first-order chi connectivity index (χ1) is 10.3. The van der Waals surface area contributed by atoms with Crippen LogP contribution < -0.4 is 4.90 Å². The second-order valence-electron chi connectivity index (χ2n) is 5.52. The summed E-state index contributed by atoms with van der Waals surface area (Å²) in [5.41, 5.74) is 0.476. The minimum atomic E-state index is -3.19. The lowest BCUT2D eigenvalue weighted by molar-refractivity contribution is -0.384. The molecule has 0 N–H and O–H groups in total. The van der Waals surface area contributed by atoms with Crippen LogP contribution in [-0.4, -0.2) is 36.9 Å². The summed E-state index contributed by atoms with van der Waals surface area (Å²) in [6.45, 7) is 4.30. The molecule has 1 saturated heterocycles. The molecule has 6 nitrogen and oxygen atoms in total. The van der Waals surface area contributed by atoms with Crippen LogP contribution in [0.4, 0.5) is 11.4 Å². The topological polar surface area (TPSA) is 80.5 Å². The lowest BCUT2D eigenvalue weighted by Gasteiger charge is -2.42. The highest BCUT2D eigenvalue weighted by molar-refractivity contribution is 9.10. The van der Waals surface area contributed by atoms with Gasteiger partial charge in [-0.05, 0) is 25.0 Å². The molecule has 1 heterocycles. The van der Waals surface area contributed by atoms with E-state index in [1.165, 1.54) is 6.07 Å². The molecule has 1 aliphatic heterocycles. The number of nitrogens with zero attached hydrogens (tertiary/aromatic N) is 2. The summed E-state index contributed by atoms with van der Waals surface area (Å²) in [5.74, 6) is 0.0297. The van der Waals surface area contributed by atoms with Crippen LogP contribution >= 0.6 is 15.9 Å². The Balaban J connectivity index is 2.46. The van der Waals surface area contributed by atoms with Crippen LogP contribution in [-0.2, 0) is 9.84 Å². The van der Waals surface area contributed by atoms with E-state index in [4.69, 9.17) is 0 Å². The van der Waals surface area contributed by atoms with Gasteiger partial charge in [-0.3, -0.25) is 10.1 Å². The molecule has 0 spiro atoms. The van der Waals surface area contributed by atoms with Gasteiger partial charge in [-0.25, -0.2) is 8.42 Å². The van der Waals surface area contributed by atoms with Crippen molar-refractivity contribution in [3.8, 4) is 0 Å². The summed E-state index contributed by atoms with van der Waals surface area (Å²) >= 11 is 3.24. The van der Waals surface area contributed by atoms with Crippen LogP contribution in [0.3, 0.4) is 0 Å². The Morgan fingerprint density at radius 1 is 1.36 bits per heavy atom. The summed E-state index contributed by atoms with van der Waals surface area (Å²) in [6, 6.07) is 4.87. The minimum Gasteiger partial charge on any atom is -0.363 e. The molecule has 2 rings (SSSR count). The van der Waals surface area contributed by atoms with E-state index < -0.39 is 19.5 Å². The second kappa shape index (κ2) is 6.16. The van der Waals surface area contributed by atoms with Crippen molar-refractivity contribution in [3.05, 3.63) is 32.8 Å². The Hall–Kier alpha value is -1.15. The third kappa shape index (κ3) is 2.86. The van der Waals surface area contributed by atoms with Crippen molar-refractivity contribution < 1.29 is 13.3 Å². The number of nitro benzene ring substituents is 1. The van der Waals surface area contributed by atoms with Crippen LogP contribution in [0.1, 0.15) is 26.7 Å². The zero-order valence-electron chi connectivity index (χ0n) is 12.6. The molecule has 0 saturated carbocycles. The maximum absolute atomic E-state index is 12.4. The van der Waals surface area contributed by atoms with Gasteiger partial charge in [0.25, 0.3) is 5.69 Å². The van der Waals surface area contributed by atoms with Crippen molar-refractivity contribution in [1.82, 2.24) is 0 Å². The summed E-state index contributed by atoms with van der Waals surface area (Å²) in [6.07, 6.45) is 1.01. The van der Waals surface area contributed by atoms with E-state index in [0.717, 1.165) is 0 Å². The van der Waals surface area contributed by atoms with Gasteiger partial charge in [-0.1, -0.05) is 29.8 Å². The Bertz CT molecular complexity index is 686. The Labute approximate surface area is 138 Å². The van der Waals surface area contributed by atoms with Crippen molar-refractivity contribution in [2.24, 2.45) is 0 Å². The quantitative estimate of drug-likeness (QED) is 0.582. The number of hydrogen-bond donors (Lipinski definition) is 0. The van der Waals surface area contributed by atoms with Crippen molar-refractivity contribution in [2.45, 2.75) is 31.4 Å². The smallest absolute Gasteiger partial charge is 0.293 e. The first kappa shape index (κ1) is 17.2. The van der Waals surface area contributed by atoms with Gasteiger partial charge in [0.15, 0.2) is 9.84 Å². The van der Waals surface area contributed by atoms with Gasteiger partial charge in [0.2, 0.25) is 0 Å². The highest BCUT2D eigenvalue weighted by atomic mass is 79.9. The molecule has 0 atom stereocenters. The summed E-state index contributed by atoms with van der Waals surface area (Å²) in [5, 5.41) is 11.3. The van der Waals surface area contributed by atoms with E-state index in [1.807, 2.05) is 18.7 Å². The molecule has 0 aromatic heterocycles. The fourth-order valence-corrected chi connectivity index (χ4v) is 5.48. The van der Waals surface area contributed by atoms with Crippen molar-refractivity contribution in [2.75, 3.05) is 23.7 Å². The van der Waals surface area contributed by atoms with Crippen molar-refractivity contribution in [3.63, 3.8) is 0 Å². The van der Waals surface area contributed by atoms with Crippen molar-refractivity contribution >= 4 is 37.1 Å². The average Bonchev–Trinajstić information content (AvgIpc) is 2.47. The summed E-state index contributed by atoms with van der Waals surface area (Å²) in [4.78, 5) is 12.7. The van der Waals surface area contributed by atoms with Crippen LogP contribution in [0.2, 0.25) is 0 Å². The maximum Gasteiger partial charge on any atom is 0.293 e. The predicted octanol–water partition coefficient (Wildman–Crippen LogP) is 3.15. The summed E-state index contributed by atoms with van der Waals surface area (Å²) in [7, 11) is -3.19. The van der Waals surface area contributed by atoms with Crippen LogP contribution in [0.15, 0.2) is 22.7 Å².